The van der Waals surface area contributed by atoms with Gasteiger partial charge < -0.3 is 14.8 Å². The van der Waals surface area contributed by atoms with Crippen LogP contribution in [-0.2, 0) is 0 Å². The van der Waals surface area contributed by atoms with E-state index in [0.29, 0.717) is 11.7 Å². The normalized spacial score (nSPS) is 17.9. The molecule has 0 amide bonds. The van der Waals surface area contributed by atoms with Gasteiger partial charge in [-0.05, 0) is 43.4 Å². The third kappa shape index (κ3) is 2.98. The quantitative estimate of drug-likeness (QED) is 0.864. The van der Waals surface area contributed by atoms with E-state index in [0.717, 1.165) is 22.3 Å². The van der Waals surface area contributed by atoms with Gasteiger partial charge in [0.05, 0.1) is 14.2 Å². The van der Waals surface area contributed by atoms with Gasteiger partial charge in [0.1, 0.15) is 0 Å². The largest absolute Gasteiger partial charge is 0.493 e. The number of hydrogen-bond donors (Lipinski definition) is 1. The minimum Gasteiger partial charge on any atom is -0.493 e. The zero-order valence-corrected chi connectivity index (χ0v) is 12.8. The van der Waals surface area contributed by atoms with Gasteiger partial charge in [-0.15, -0.1) is 0 Å². The lowest BCUT2D eigenvalue weighted by molar-refractivity contribution is 0.347. The van der Waals surface area contributed by atoms with Crippen LogP contribution in [0.4, 0.5) is 0 Å². The van der Waals surface area contributed by atoms with Crippen molar-refractivity contribution < 1.29 is 9.47 Å². The van der Waals surface area contributed by atoms with E-state index in [1.165, 1.54) is 12.8 Å². The zero-order chi connectivity index (χ0) is 14.0. The smallest absolute Gasteiger partial charge is 0.162 e. The lowest BCUT2D eigenvalue weighted by Crippen LogP contribution is -2.25. The molecule has 2 unspecified atom stereocenters. The van der Waals surface area contributed by atoms with E-state index in [1.807, 2.05) is 19.2 Å². The molecule has 1 N–H and O–H groups in total. The van der Waals surface area contributed by atoms with Crippen LogP contribution in [0.2, 0.25) is 5.02 Å². The Morgan fingerprint density at radius 3 is 2.26 bits per heavy atom. The van der Waals surface area contributed by atoms with Crippen molar-refractivity contribution in [2.45, 2.75) is 25.8 Å². The van der Waals surface area contributed by atoms with Crippen LogP contribution in [0.25, 0.3) is 0 Å². The molecule has 19 heavy (non-hydrogen) atoms. The van der Waals surface area contributed by atoms with Crippen molar-refractivity contribution in [3.63, 3.8) is 0 Å². The van der Waals surface area contributed by atoms with Crippen LogP contribution in [0.3, 0.4) is 0 Å². The third-order valence-electron chi connectivity index (χ3n) is 4.04. The number of halogens is 1. The van der Waals surface area contributed by atoms with E-state index in [2.05, 4.69) is 12.2 Å². The van der Waals surface area contributed by atoms with Gasteiger partial charge in [0.25, 0.3) is 0 Å². The first-order valence-corrected chi connectivity index (χ1v) is 7.08. The highest BCUT2D eigenvalue weighted by Gasteiger charge is 2.34. The molecule has 0 bridgehead atoms. The Hall–Kier alpha value is -0.930. The summed E-state index contributed by atoms with van der Waals surface area (Å²) >= 11 is 6.40. The number of nitrogens with one attached hydrogen (secondary N) is 1. The summed E-state index contributed by atoms with van der Waals surface area (Å²) in [6.07, 6.45) is 2.65. The number of ether oxygens (including phenoxy) is 2. The minimum atomic E-state index is 0.250. The summed E-state index contributed by atoms with van der Waals surface area (Å²) in [4.78, 5) is 0. The average molecular weight is 284 g/mol. The molecule has 0 saturated heterocycles. The molecule has 0 spiro atoms. The van der Waals surface area contributed by atoms with E-state index < -0.39 is 0 Å². The molecule has 1 saturated carbocycles. The van der Waals surface area contributed by atoms with Gasteiger partial charge in [-0.2, -0.15) is 0 Å². The molecule has 106 valence electrons. The molecule has 2 atom stereocenters. The molecule has 1 aliphatic rings. The summed E-state index contributed by atoms with van der Waals surface area (Å²) in [6.45, 7) is 2.28. The maximum atomic E-state index is 6.40. The second-order valence-corrected chi connectivity index (χ2v) is 5.60. The number of benzene rings is 1. The van der Waals surface area contributed by atoms with Gasteiger partial charge in [-0.25, -0.2) is 0 Å². The van der Waals surface area contributed by atoms with Gasteiger partial charge in [0.2, 0.25) is 0 Å². The first-order valence-electron chi connectivity index (χ1n) is 6.71. The van der Waals surface area contributed by atoms with Crippen LogP contribution >= 0.6 is 11.6 Å². The first-order chi connectivity index (χ1) is 9.12. The molecule has 2 rings (SSSR count). The van der Waals surface area contributed by atoms with Gasteiger partial charge in [-0.1, -0.05) is 18.5 Å². The highest BCUT2D eigenvalue weighted by Crippen LogP contribution is 2.45. The maximum absolute atomic E-state index is 6.40. The number of hydrogen-bond acceptors (Lipinski definition) is 3. The van der Waals surface area contributed by atoms with Crippen molar-refractivity contribution >= 4 is 11.6 Å². The van der Waals surface area contributed by atoms with Crippen LogP contribution in [0.15, 0.2) is 12.1 Å². The second kappa shape index (κ2) is 6.02. The number of rotatable bonds is 6. The average Bonchev–Trinajstić information content (AvgIpc) is 3.25. The van der Waals surface area contributed by atoms with Crippen LogP contribution in [0.1, 0.15) is 31.4 Å². The lowest BCUT2D eigenvalue weighted by Gasteiger charge is -2.25. The predicted octanol–water partition coefficient (Wildman–Crippen LogP) is 3.66. The molecule has 0 heterocycles. The molecule has 1 fully saturated rings. The summed E-state index contributed by atoms with van der Waals surface area (Å²) in [5.41, 5.74) is 1.08. The second-order valence-electron chi connectivity index (χ2n) is 5.19. The topological polar surface area (TPSA) is 30.5 Å². The summed E-state index contributed by atoms with van der Waals surface area (Å²) in [6, 6.07) is 4.07. The Morgan fingerprint density at radius 1 is 1.21 bits per heavy atom. The van der Waals surface area contributed by atoms with Crippen molar-refractivity contribution in [1.82, 2.24) is 5.32 Å². The van der Waals surface area contributed by atoms with E-state index in [-0.39, 0.29) is 6.04 Å². The van der Waals surface area contributed by atoms with Gasteiger partial charge >= 0.3 is 0 Å². The van der Waals surface area contributed by atoms with E-state index in [9.17, 15) is 0 Å². The number of methoxy groups -OCH3 is 2. The van der Waals surface area contributed by atoms with Gasteiger partial charge in [0.15, 0.2) is 11.5 Å². The van der Waals surface area contributed by atoms with Crippen molar-refractivity contribution in [2.75, 3.05) is 21.3 Å². The molecular weight excluding hydrogens is 262 g/mol. The predicted molar refractivity (Wildman–Crippen MR) is 78.2 cm³/mol. The Morgan fingerprint density at radius 2 is 1.79 bits per heavy atom. The molecule has 1 aliphatic carbocycles. The molecule has 0 aromatic heterocycles. The Labute approximate surface area is 120 Å². The summed E-state index contributed by atoms with van der Waals surface area (Å²) < 4.78 is 10.6. The molecule has 3 nitrogen and oxygen atoms in total. The fourth-order valence-electron chi connectivity index (χ4n) is 2.70. The van der Waals surface area contributed by atoms with Crippen molar-refractivity contribution in [3.8, 4) is 11.5 Å². The highest BCUT2D eigenvalue weighted by atomic mass is 35.5. The van der Waals surface area contributed by atoms with Crippen LogP contribution < -0.4 is 14.8 Å². The molecule has 0 radical (unpaired) electrons. The summed E-state index contributed by atoms with van der Waals surface area (Å²) in [7, 11) is 5.25. The summed E-state index contributed by atoms with van der Waals surface area (Å²) in [5.74, 6) is 2.78. The van der Waals surface area contributed by atoms with E-state index >= 15 is 0 Å². The molecule has 0 aliphatic heterocycles. The van der Waals surface area contributed by atoms with Gasteiger partial charge in [0, 0.05) is 17.1 Å². The Bertz CT molecular complexity index is 446. The maximum Gasteiger partial charge on any atom is 0.162 e. The highest BCUT2D eigenvalue weighted by molar-refractivity contribution is 6.31. The summed E-state index contributed by atoms with van der Waals surface area (Å²) in [5, 5.41) is 4.11. The Kier molecular flexibility index (Phi) is 4.58. The van der Waals surface area contributed by atoms with E-state index in [1.54, 1.807) is 14.2 Å². The zero-order valence-electron chi connectivity index (χ0n) is 12.0. The van der Waals surface area contributed by atoms with Crippen LogP contribution in [0, 0.1) is 11.8 Å². The SMILES string of the molecule is CNC(c1cc(OC)c(OC)cc1Cl)C(C)C1CC1. The monoisotopic (exact) mass is 283 g/mol. The van der Waals surface area contributed by atoms with E-state index in [4.69, 9.17) is 21.1 Å². The van der Waals surface area contributed by atoms with Crippen molar-refractivity contribution in [1.29, 1.82) is 0 Å². The molecule has 1 aromatic carbocycles. The van der Waals surface area contributed by atoms with Crippen molar-refractivity contribution in [2.24, 2.45) is 11.8 Å². The van der Waals surface area contributed by atoms with Crippen molar-refractivity contribution in [3.05, 3.63) is 22.7 Å². The van der Waals surface area contributed by atoms with Crippen LogP contribution in [0.5, 0.6) is 11.5 Å². The third-order valence-corrected chi connectivity index (χ3v) is 4.37. The molecule has 4 heteroatoms. The van der Waals surface area contributed by atoms with Crippen LogP contribution in [-0.4, -0.2) is 21.3 Å². The lowest BCUT2D eigenvalue weighted by atomic mass is 9.90. The fraction of sp³-hybridized carbons (Fsp3) is 0.600. The standard InChI is InChI=1S/C15H22ClNO2/c1-9(10-5-6-10)15(17-2)11-7-13(18-3)14(19-4)8-12(11)16/h7-10,15,17H,5-6H2,1-4H3. The molecular formula is C15H22ClNO2. The Balaban J connectivity index is 2.35. The first kappa shape index (κ1) is 14.5. The molecule has 1 aromatic rings. The fourth-order valence-corrected chi connectivity index (χ4v) is 2.98. The van der Waals surface area contributed by atoms with Gasteiger partial charge in [-0.3, -0.25) is 0 Å². The minimum absolute atomic E-state index is 0.250.